The molecular weight excluding hydrogens is 315 g/mol. The summed E-state index contributed by atoms with van der Waals surface area (Å²) in [6.45, 7) is 3.16. The molecule has 1 aliphatic heterocycles. The molecule has 1 aromatic carbocycles. The van der Waals surface area contributed by atoms with E-state index in [1.165, 1.54) is 23.5 Å². The quantitative estimate of drug-likeness (QED) is 0.934. The van der Waals surface area contributed by atoms with Crippen molar-refractivity contribution in [2.24, 2.45) is 0 Å². The molecule has 1 saturated heterocycles. The Bertz CT molecular complexity index is 654. The van der Waals surface area contributed by atoms with Gasteiger partial charge in [-0.05, 0) is 29.1 Å². The van der Waals surface area contributed by atoms with Gasteiger partial charge in [0.25, 0.3) is 5.91 Å². The molecule has 1 aromatic heterocycles. The Labute approximate surface area is 138 Å². The van der Waals surface area contributed by atoms with Crippen molar-refractivity contribution in [1.29, 1.82) is 0 Å². The van der Waals surface area contributed by atoms with E-state index < -0.39 is 6.10 Å². The molecule has 2 aromatic rings. The third-order valence-electron chi connectivity index (χ3n) is 4.09. The number of piperazine rings is 1. The average Bonchev–Trinajstić information content (AvgIpc) is 3.09. The van der Waals surface area contributed by atoms with E-state index in [9.17, 15) is 14.3 Å². The van der Waals surface area contributed by atoms with Gasteiger partial charge in [0.05, 0.1) is 11.7 Å². The van der Waals surface area contributed by atoms with Gasteiger partial charge in [-0.25, -0.2) is 4.39 Å². The van der Waals surface area contributed by atoms with Gasteiger partial charge in [0.15, 0.2) is 0 Å². The second-order valence-corrected chi connectivity index (χ2v) is 6.46. The predicted molar refractivity (Wildman–Crippen MR) is 88.0 cm³/mol. The standard InChI is InChI=1S/C17H19FN2O2S/c18-15-3-1-2-13(10-15)16(21)11-19-5-7-20(8-6-19)17(22)14-4-9-23-12-14/h1-4,9-10,12,16,21H,5-8,11H2/t16-/m0/s1. The van der Waals surface area contributed by atoms with Crippen LogP contribution in [0.4, 0.5) is 4.39 Å². The Balaban J connectivity index is 1.52. The SMILES string of the molecule is O=C(c1ccsc1)N1CCN(C[C@H](O)c2cccc(F)c2)CC1. The lowest BCUT2D eigenvalue weighted by atomic mass is 10.1. The first-order chi connectivity index (χ1) is 11.1. The molecule has 2 heterocycles. The van der Waals surface area contributed by atoms with Crippen LogP contribution in [0.2, 0.25) is 0 Å². The number of amides is 1. The van der Waals surface area contributed by atoms with Gasteiger partial charge in [-0.1, -0.05) is 12.1 Å². The van der Waals surface area contributed by atoms with Gasteiger partial charge >= 0.3 is 0 Å². The normalized spacial score (nSPS) is 17.2. The van der Waals surface area contributed by atoms with Crippen LogP contribution in [-0.4, -0.2) is 53.5 Å². The fourth-order valence-electron chi connectivity index (χ4n) is 2.77. The van der Waals surface area contributed by atoms with Gasteiger partial charge < -0.3 is 10.0 Å². The molecule has 0 spiro atoms. The molecule has 4 nitrogen and oxygen atoms in total. The summed E-state index contributed by atoms with van der Waals surface area (Å²) < 4.78 is 13.2. The van der Waals surface area contributed by atoms with Crippen molar-refractivity contribution >= 4 is 17.2 Å². The lowest BCUT2D eigenvalue weighted by Crippen LogP contribution is -2.49. The van der Waals surface area contributed by atoms with Crippen molar-refractivity contribution in [3.63, 3.8) is 0 Å². The lowest BCUT2D eigenvalue weighted by Gasteiger charge is -2.35. The third-order valence-corrected chi connectivity index (χ3v) is 4.78. The highest BCUT2D eigenvalue weighted by molar-refractivity contribution is 7.08. The predicted octanol–water partition coefficient (Wildman–Crippen LogP) is 2.38. The zero-order chi connectivity index (χ0) is 16.2. The van der Waals surface area contributed by atoms with E-state index in [0.717, 1.165) is 5.56 Å². The Morgan fingerprint density at radius 1 is 1.26 bits per heavy atom. The minimum absolute atomic E-state index is 0.0663. The molecule has 122 valence electrons. The number of nitrogens with zero attached hydrogens (tertiary/aromatic N) is 2. The lowest BCUT2D eigenvalue weighted by molar-refractivity contribution is 0.0527. The van der Waals surface area contributed by atoms with Gasteiger partial charge in [-0.2, -0.15) is 11.3 Å². The van der Waals surface area contributed by atoms with E-state index in [-0.39, 0.29) is 11.7 Å². The highest BCUT2D eigenvalue weighted by Gasteiger charge is 2.24. The van der Waals surface area contributed by atoms with Gasteiger partial charge in [0.1, 0.15) is 5.82 Å². The molecule has 0 radical (unpaired) electrons. The molecule has 1 amide bonds. The maximum Gasteiger partial charge on any atom is 0.254 e. The van der Waals surface area contributed by atoms with Gasteiger partial charge in [0.2, 0.25) is 0 Å². The number of carbonyl (C=O) groups is 1. The minimum Gasteiger partial charge on any atom is -0.387 e. The smallest absolute Gasteiger partial charge is 0.254 e. The number of carbonyl (C=O) groups excluding carboxylic acids is 1. The first-order valence-corrected chi connectivity index (χ1v) is 8.55. The number of hydrogen-bond acceptors (Lipinski definition) is 4. The molecule has 0 bridgehead atoms. The van der Waals surface area contributed by atoms with E-state index in [4.69, 9.17) is 0 Å². The summed E-state index contributed by atoms with van der Waals surface area (Å²) in [5.41, 5.74) is 1.32. The number of hydrogen-bond donors (Lipinski definition) is 1. The summed E-state index contributed by atoms with van der Waals surface area (Å²) in [4.78, 5) is 16.2. The minimum atomic E-state index is -0.718. The fourth-order valence-corrected chi connectivity index (χ4v) is 3.40. The third kappa shape index (κ3) is 3.96. The van der Waals surface area contributed by atoms with Crippen molar-refractivity contribution in [1.82, 2.24) is 9.80 Å². The number of β-amino-alcohol motifs (C(OH)–C–C–N with tert-alkyl or cyclic N) is 1. The molecule has 1 aliphatic rings. The van der Waals surface area contributed by atoms with Crippen LogP contribution in [-0.2, 0) is 0 Å². The highest BCUT2D eigenvalue weighted by atomic mass is 32.1. The van der Waals surface area contributed by atoms with E-state index >= 15 is 0 Å². The molecule has 3 rings (SSSR count). The van der Waals surface area contributed by atoms with E-state index in [1.807, 2.05) is 21.7 Å². The zero-order valence-corrected chi connectivity index (χ0v) is 13.5. The van der Waals surface area contributed by atoms with Crippen LogP contribution in [0.3, 0.4) is 0 Å². The molecule has 1 fully saturated rings. The molecule has 0 saturated carbocycles. The van der Waals surface area contributed by atoms with E-state index in [2.05, 4.69) is 4.90 Å². The van der Waals surface area contributed by atoms with E-state index in [1.54, 1.807) is 12.1 Å². The van der Waals surface area contributed by atoms with Gasteiger partial charge in [-0.3, -0.25) is 9.69 Å². The Morgan fingerprint density at radius 2 is 2.04 bits per heavy atom. The highest BCUT2D eigenvalue weighted by Crippen LogP contribution is 2.17. The number of aliphatic hydroxyl groups is 1. The van der Waals surface area contributed by atoms with Crippen LogP contribution < -0.4 is 0 Å². The van der Waals surface area contributed by atoms with Crippen molar-refractivity contribution in [3.05, 3.63) is 58.0 Å². The topological polar surface area (TPSA) is 43.8 Å². The number of halogens is 1. The summed E-state index contributed by atoms with van der Waals surface area (Å²) >= 11 is 1.52. The maximum absolute atomic E-state index is 13.2. The Hall–Kier alpha value is -1.76. The fraction of sp³-hybridized carbons (Fsp3) is 0.353. The Morgan fingerprint density at radius 3 is 2.70 bits per heavy atom. The number of rotatable bonds is 4. The number of thiophene rings is 1. The molecule has 0 aliphatic carbocycles. The monoisotopic (exact) mass is 334 g/mol. The zero-order valence-electron chi connectivity index (χ0n) is 12.7. The first kappa shape index (κ1) is 16.1. The van der Waals surface area contributed by atoms with Gasteiger partial charge in [-0.15, -0.1) is 0 Å². The Kier molecular flexibility index (Phi) is 5.05. The van der Waals surface area contributed by atoms with Crippen LogP contribution in [0, 0.1) is 5.82 Å². The number of benzene rings is 1. The van der Waals surface area contributed by atoms with Crippen LogP contribution >= 0.6 is 11.3 Å². The molecule has 1 atom stereocenters. The molecular formula is C17H19FN2O2S. The van der Waals surface area contributed by atoms with Crippen molar-refractivity contribution in [2.75, 3.05) is 32.7 Å². The summed E-state index contributed by atoms with van der Waals surface area (Å²) in [5.74, 6) is -0.274. The molecule has 6 heteroatoms. The van der Waals surface area contributed by atoms with Crippen LogP contribution in [0.5, 0.6) is 0 Å². The van der Waals surface area contributed by atoms with Crippen molar-refractivity contribution in [2.45, 2.75) is 6.10 Å². The summed E-state index contributed by atoms with van der Waals surface area (Å²) in [6, 6.07) is 7.90. The van der Waals surface area contributed by atoms with Gasteiger partial charge in [0, 0.05) is 38.1 Å². The van der Waals surface area contributed by atoms with E-state index in [0.29, 0.717) is 38.3 Å². The van der Waals surface area contributed by atoms with Crippen LogP contribution in [0.1, 0.15) is 22.0 Å². The first-order valence-electron chi connectivity index (χ1n) is 7.61. The summed E-state index contributed by atoms with van der Waals surface area (Å²) in [6.07, 6.45) is -0.718. The molecule has 1 N–H and O–H groups in total. The van der Waals surface area contributed by atoms with Crippen molar-refractivity contribution in [3.8, 4) is 0 Å². The molecule has 23 heavy (non-hydrogen) atoms. The van der Waals surface area contributed by atoms with Crippen molar-refractivity contribution < 1.29 is 14.3 Å². The van der Waals surface area contributed by atoms with Crippen LogP contribution in [0.15, 0.2) is 41.1 Å². The largest absolute Gasteiger partial charge is 0.387 e. The molecule has 0 unspecified atom stereocenters. The average molecular weight is 334 g/mol. The number of aliphatic hydroxyl groups excluding tert-OH is 1. The second-order valence-electron chi connectivity index (χ2n) is 5.68. The van der Waals surface area contributed by atoms with Crippen LogP contribution in [0.25, 0.3) is 0 Å². The summed E-state index contributed by atoms with van der Waals surface area (Å²) in [7, 11) is 0. The second kappa shape index (κ2) is 7.21. The summed E-state index contributed by atoms with van der Waals surface area (Å²) in [5, 5.41) is 14.0. The maximum atomic E-state index is 13.2.